The number of nitrogens with one attached hydrogen (secondary N) is 2. The molecule has 0 bridgehead atoms. The minimum Gasteiger partial charge on any atom is -0.378 e. The Kier molecular flexibility index (Phi) is 7.03. The number of quaternary nitrogens is 1. The van der Waals surface area contributed by atoms with E-state index in [1.807, 2.05) is 49.3 Å². The maximum absolute atomic E-state index is 12.0. The van der Waals surface area contributed by atoms with Gasteiger partial charge in [-0.25, -0.2) is 5.43 Å². The molecular weight excluding hydrogens is 350 g/mol. The summed E-state index contributed by atoms with van der Waals surface area (Å²) < 4.78 is 0. The number of rotatable bonds is 7. The van der Waals surface area contributed by atoms with Crippen LogP contribution < -0.4 is 20.1 Å². The van der Waals surface area contributed by atoms with Crippen LogP contribution in [0.25, 0.3) is 0 Å². The quantitative estimate of drug-likeness (QED) is 0.557. The maximum Gasteiger partial charge on any atom is 0.245 e. The number of amides is 1. The van der Waals surface area contributed by atoms with Gasteiger partial charge in [0.2, 0.25) is 5.91 Å². The normalized spacial score (nSPS) is 15.0. The monoisotopic (exact) mass is 380 g/mol. The summed E-state index contributed by atoms with van der Waals surface area (Å²) >= 11 is 0. The summed E-state index contributed by atoms with van der Waals surface area (Å²) in [5, 5.41) is 4.08. The zero-order valence-electron chi connectivity index (χ0n) is 16.8. The van der Waals surface area contributed by atoms with E-state index in [4.69, 9.17) is 0 Å². The number of piperazine rings is 1. The summed E-state index contributed by atoms with van der Waals surface area (Å²) in [6.45, 7) is 5.03. The predicted molar refractivity (Wildman–Crippen MR) is 115 cm³/mol. The Morgan fingerprint density at radius 1 is 1.11 bits per heavy atom. The highest BCUT2D eigenvalue weighted by atomic mass is 16.2. The van der Waals surface area contributed by atoms with E-state index in [0.717, 1.165) is 44.0 Å². The molecule has 0 aromatic heterocycles. The van der Waals surface area contributed by atoms with Crippen molar-refractivity contribution in [1.82, 2.24) is 5.43 Å². The van der Waals surface area contributed by atoms with Crippen LogP contribution in [0.5, 0.6) is 0 Å². The van der Waals surface area contributed by atoms with Crippen LogP contribution in [0, 0.1) is 0 Å². The maximum atomic E-state index is 12.0. The number of hydrazone groups is 1. The lowest BCUT2D eigenvalue weighted by atomic mass is 10.2. The van der Waals surface area contributed by atoms with E-state index >= 15 is 0 Å². The Morgan fingerprint density at radius 2 is 1.79 bits per heavy atom. The molecule has 2 aromatic rings. The van der Waals surface area contributed by atoms with Crippen molar-refractivity contribution in [1.29, 1.82) is 0 Å². The van der Waals surface area contributed by atoms with Crippen molar-refractivity contribution in [2.45, 2.75) is 6.42 Å². The second-order valence-electron chi connectivity index (χ2n) is 7.35. The molecule has 1 amide bonds. The van der Waals surface area contributed by atoms with Gasteiger partial charge in [0, 0.05) is 25.5 Å². The third kappa shape index (κ3) is 5.82. The molecule has 3 rings (SSSR count). The largest absolute Gasteiger partial charge is 0.378 e. The van der Waals surface area contributed by atoms with E-state index in [0.29, 0.717) is 6.42 Å². The van der Waals surface area contributed by atoms with Crippen molar-refractivity contribution >= 4 is 23.5 Å². The molecule has 1 aliphatic heterocycles. The molecule has 0 spiro atoms. The Hall–Kier alpha value is -2.86. The first-order valence-electron chi connectivity index (χ1n) is 9.84. The number of anilines is 2. The van der Waals surface area contributed by atoms with Gasteiger partial charge in [-0.3, -0.25) is 4.79 Å². The van der Waals surface area contributed by atoms with E-state index < -0.39 is 0 Å². The molecule has 6 heteroatoms. The van der Waals surface area contributed by atoms with Crippen LogP contribution in [0.4, 0.5) is 11.4 Å². The molecular formula is C22H30N5O+. The Bertz CT molecular complexity index is 765. The second kappa shape index (κ2) is 9.90. The van der Waals surface area contributed by atoms with Gasteiger partial charge in [0.1, 0.15) is 0 Å². The SMILES string of the molecule is CN(C)c1ccc(/C=N\NC(=O)CC[NH+]2CCN(c3ccccc3)CC2)cc1. The smallest absolute Gasteiger partial charge is 0.245 e. The first kappa shape index (κ1) is 19.9. The highest BCUT2D eigenvalue weighted by Gasteiger charge is 2.20. The van der Waals surface area contributed by atoms with Crippen LogP contribution in [-0.4, -0.2) is 58.9 Å². The predicted octanol–water partition coefficient (Wildman–Crippen LogP) is 0.998. The topological polar surface area (TPSA) is 52.4 Å². The minimum absolute atomic E-state index is 0.0286. The molecule has 148 valence electrons. The molecule has 0 saturated carbocycles. The lowest BCUT2D eigenvalue weighted by Gasteiger charge is -2.33. The average molecular weight is 381 g/mol. The highest BCUT2D eigenvalue weighted by molar-refractivity contribution is 5.82. The molecule has 2 aromatic carbocycles. The summed E-state index contributed by atoms with van der Waals surface area (Å²) in [6.07, 6.45) is 2.18. The molecule has 0 aliphatic carbocycles. The standard InChI is InChI=1S/C22H29N5O/c1-25(2)20-10-8-19(9-11-20)18-23-24-22(28)12-13-26-14-16-27(17-15-26)21-6-4-3-5-7-21/h3-11,18H,12-17H2,1-2H3,(H,24,28)/p+1/b23-18-. The third-order valence-electron chi connectivity index (χ3n) is 5.11. The van der Waals surface area contributed by atoms with Gasteiger partial charge >= 0.3 is 0 Å². The summed E-state index contributed by atoms with van der Waals surface area (Å²) in [4.78, 5) is 18.0. The number of carbonyl (C=O) groups excluding carboxylic acids is 1. The number of hydrogen-bond acceptors (Lipinski definition) is 4. The fourth-order valence-electron chi connectivity index (χ4n) is 3.35. The first-order chi connectivity index (χ1) is 13.6. The minimum atomic E-state index is -0.0286. The first-order valence-corrected chi connectivity index (χ1v) is 9.84. The van der Waals surface area contributed by atoms with E-state index in [-0.39, 0.29) is 5.91 Å². The van der Waals surface area contributed by atoms with Crippen molar-refractivity contribution in [3.8, 4) is 0 Å². The van der Waals surface area contributed by atoms with Crippen molar-refractivity contribution in [3.63, 3.8) is 0 Å². The highest BCUT2D eigenvalue weighted by Crippen LogP contribution is 2.12. The molecule has 1 heterocycles. The lowest BCUT2D eigenvalue weighted by Crippen LogP contribution is -3.15. The molecule has 0 unspecified atom stereocenters. The zero-order valence-corrected chi connectivity index (χ0v) is 16.8. The van der Waals surface area contributed by atoms with Crippen molar-refractivity contribution in [3.05, 3.63) is 60.2 Å². The number of hydrogen-bond donors (Lipinski definition) is 2. The summed E-state index contributed by atoms with van der Waals surface area (Å²) in [7, 11) is 4.01. The van der Waals surface area contributed by atoms with Crippen molar-refractivity contribution in [2.24, 2.45) is 5.10 Å². The van der Waals surface area contributed by atoms with E-state index in [1.54, 1.807) is 6.21 Å². The fraction of sp³-hybridized carbons (Fsp3) is 0.364. The van der Waals surface area contributed by atoms with Crippen LogP contribution in [0.1, 0.15) is 12.0 Å². The zero-order chi connectivity index (χ0) is 19.8. The van der Waals surface area contributed by atoms with Crippen LogP contribution >= 0.6 is 0 Å². The summed E-state index contributed by atoms with van der Waals surface area (Å²) in [6, 6.07) is 18.6. The molecule has 1 fully saturated rings. The van der Waals surface area contributed by atoms with E-state index in [2.05, 4.69) is 39.7 Å². The van der Waals surface area contributed by atoms with Gasteiger partial charge in [0.25, 0.3) is 0 Å². The van der Waals surface area contributed by atoms with Crippen LogP contribution in [0.3, 0.4) is 0 Å². The number of para-hydroxylation sites is 1. The Balaban J connectivity index is 1.35. The van der Waals surface area contributed by atoms with Crippen LogP contribution in [0.15, 0.2) is 59.7 Å². The summed E-state index contributed by atoms with van der Waals surface area (Å²) in [5.41, 5.74) is 6.03. The van der Waals surface area contributed by atoms with Crippen LogP contribution in [0.2, 0.25) is 0 Å². The van der Waals surface area contributed by atoms with Gasteiger partial charge in [0.05, 0.1) is 45.4 Å². The van der Waals surface area contributed by atoms with Gasteiger partial charge in [-0.05, 0) is 29.8 Å². The lowest BCUT2D eigenvalue weighted by molar-refractivity contribution is -0.900. The second-order valence-corrected chi connectivity index (χ2v) is 7.35. The molecule has 1 aliphatic rings. The number of carbonyl (C=O) groups is 1. The molecule has 6 nitrogen and oxygen atoms in total. The number of benzene rings is 2. The van der Waals surface area contributed by atoms with Gasteiger partial charge in [-0.2, -0.15) is 5.10 Å². The van der Waals surface area contributed by atoms with Gasteiger partial charge in [-0.1, -0.05) is 30.3 Å². The summed E-state index contributed by atoms with van der Waals surface area (Å²) in [5.74, 6) is -0.0286. The number of nitrogens with zero attached hydrogens (tertiary/aromatic N) is 3. The third-order valence-corrected chi connectivity index (χ3v) is 5.11. The fourth-order valence-corrected chi connectivity index (χ4v) is 3.35. The van der Waals surface area contributed by atoms with E-state index in [9.17, 15) is 4.79 Å². The molecule has 2 N–H and O–H groups in total. The van der Waals surface area contributed by atoms with Gasteiger partial charge < -0.3 is 14.7 Å². The van der Waals surface area contributed by atoms with E-state index in [1.165, 1.54) is 10.6 Å². The molecule has 1 saturated heterocycles. The van der Waals surface area contributed by atoms with Crippen molar-refractivity contribution < 1.29 is 9.69 Å². The van der Waals surface area contributed by atoms with Crippen LogP contribution in [-0.2, 0) is 4.79 Å². The van der Waals surface area contributed by atoms with Crippen molar-refractivity contribution in [2.75, 3.05) is 56.6 Å². The average Bonchev–Trinajstić information content (AvgIpc) is 2.73. The molecule has 0 radical (unpaired) electrons. The molecule has 0 atom stereocenters. The Labute approximate surface area is 167 Å². The van der Waals surface area contributed by atoms with Gasteiger partial charge in [-0.15, -0.1) is 0 Å². The van der Waals surface area contributed by atoms with Gasteiger partial charge in [0.15, 0.2) is 0 Å². The Morgan fingerprint density at radius 3 is 2.43 bits per heavy atom. The molecule has 28 heavy (non-hydrogen) atoms.